The Bertz CT molecular complexity index is 1740. The Morgan fingerprint density at radius 2 is 1.80 bits per heavy atom. The number of carbonyl (C=O) groups excluding carboxylic acids is 2. The number of rotatable bonds is 12. The van der Waals surface area contributed by atoms with E-state index in [1.54, 1.807) is 21.7 Å². The number of hydrogen-bond donors (Lipinski definition) is 1. The predicted molar refractivity (Wildman–Crippen MR) is 197 cm³/mol. The van der Waals surface area contributed by atoms with E-state index in [1.165, 1.54) is 24.0 Å². The minimum absolute atomic E-state index is 0.0406. The molecule has 1 saturated heterocycles. The molecule has 2 aromatic carbocycles. The molecule has 7 heteroatoms. The first kappa shape index (κ1) is 34.7. The van der Waals surface area contributed by atoms with E-state index in [0.29, 0.717) is 49.4 Å². The van der Waals surface area contributed by atoms with Crippen molar-refractivity contribution in [3.63, 3.8) is 0 Å². The highest BCUT2D eigenvalue weighted by Crippen LogP contribution is 2.52. The van der Waals surface area contributed by atoms with Crippen molar-refractivity contribution in [2.24, 2.45) is 11.8 Å². The number of aromatic nitrogens is 1. The van der Waals surface area contributed by atoms with E-state index < -0.39 is 6.10 Å². The van der Waals surface area contributed by atoms with Crippen molar-refractivity contribution in [3.05, 3.63) is 93.4 Å². The highest BCUT2D eigenvalue weighted by atomic mass is 16.5. The number of benzene rings is 2. The largest absolute Gasteiger partial charge is 0.487 e. The van der Waals surface area contributed by atoms with Gasteiger partial charge >= 0.3 is 0 Å². The third-order valence-corrected chi connectivity index (χ3v) is 12.5. The predicted octanol–water partition coefficient (Wildman–Crippen LogP) is 8.35. The third-order valence-electron chi connectivity index (χ3n) is 12.5. The van der Waals surface area contributed by atoms with Crippen LogP contribution in [0, 0.1) is 11.8 Å². The van der Waals surface area contributed by atoms with Gasteiger partial charge in [-0.05, 0) is 117 Å². The molecule has 1 aromatic heterocycles. The van der Waals surface area contributed by atoms with Crippen LogP contribution in [0.1, 0.15) is 136 Å². The number of anilines is 1. The molecule has 1 spiro atoms. The molecule has 0 bridgehead atoms. The SMILES string of the molecule is CCc1ccc2c(c1)[C@@H](CC[C@@H](O)[C@@H](CC(=O)c1cc(N3CCCC3=O)c(=O)n(C3CCCC3)c1)Cc1ccccc1)CC1(CCCC1C)O2. The van der Waals surface area contributed by atoms with Gasteiger partial charge in [0, 0.05) is 37.2 Å². The van der Waals surface area contributed by atoms with Crippen molar-refractivity contribution in [1.29, 1.82) is 0 Å². The normalized spacial score (nSPS) is 24.8. The Morgan fingerprint density at radius 1 is 1.00 bits per heavy atom. The summed E-state index contributed by atoms with van der Waals surface area (Å²) in [6.07, 6.45) is 13.6. The fraction of sp³-hybridized carbons (Fsp3) is 0.558. The van der Waals surface area contributed by atoms with Gasteiger partial charge in [-0.2, -0.15) is 0 Å². The van der Waals surface area contributed by atoms with Crippen LogP contribution in [0.2, 0.25) is 0 Å². The van der Waals surface area contributed by atoms with Crippen molar-refractivity contribution in [2.45, 2.75) is 134 Å². The lowest BCUT2D eigenvalue weighted by atomic mass is 9.74. The first-order chi connectivity index (χ1) is 24.2. The maximum absolute atomic E-state index is 14.3. The van der Waals surface area contributed by atoms with Crippen LogP contribution in [-0.4, -0.2) is 39.6 Å². The molecule has 2 aliphatic carbocycles. The van der Waals surface area contributed by atoms with Gasteiger partial charge in [-0.3, -0.25) is 14.4 Å². The maximum atomic E-state index is 14.3. The summed E-state index contributed by atoms with van der Waals surface area (Å²) in [5, 5.41) is 12.0. The smallest absolute Gasteiger partial charge is 0.274 e. The first-order valence-electron chi connectivity index (χ1n) is 19.4. The second kappa shape index (κ2) is 14.9. The van der Waals surface area contributed by atoms with E-state index in [-0.39, 0.29) is 47.1 Å². The second-order valence-electron chi connectivity index (χ2n) is 15.7. The fourth-order valence-corrected chi connectivity index (χ4v) is 9.46. The van der Waals surface area contributed by atoms with Gasteiger partial charge < -0.3 is 19.3 Å². The molecule has 0 radical (unpaired) electrons. The van der Waals surface area contributed by atoms with Crippen LogP contribution in [0.5, 0.6) is 5.75 Å². The van der Waals surface area contributed by atoms with Gasteiger partial charge in [-0.25, -0.2) is 0 Å². The standard InChI is InChI=1S/C43H54N2O5/c1-3-30-17-20-40-36(24-30)32(27-43(50-40)21-9-11-29(43)2)18-19-38(46)33(23-31-12-5-4-6-13-31)26-39(47)34-25-37(44-22-10-16-41(44)48)42(49)45(28-34)35-14-7-8-15-35/h4-6,12-13,17,20,24-25,28-29,32-33,35,38,46H,3,7-11,14-16,18-19,21-23,26-27H2,1-2H3/t29?,32-,33+,38+,43?/m0/s1. The van der Waals surface area contributed by atoms with Crippen LogP contribution in [0.3, 0.4) is 0 Å². The Balaban J connectivity index is 1.15. The van der Waals surface area contributed by atoms with Gasteiger partial charge in [-0.1, -0.05) is 69.2 Å². The molecule has 3 fully saturated rings. The van der Waals surface area contributed by atoms with Crippen LogP contribution >= 0.6 is 0 Å². The van der Waals surface area contributed by atoms with Crippen molar-refractivity contribution >= 4 is 17.4 Å². The van der Waals surface area contributed by atoms with Crippen LogP contribution in [-0.2, 0) is 17.6 Å². The lowest BCUT2D eigenvalue weighted by molar-refractivity contribution is -0.117. The van der Waals surface area contributed by atoms with Gasteiger partial charge in [0.15, 0.2) is 5.78 Å². The summed E-state index contributed by atoms with van der Waals surface area (Å²) in [5.74, 6) is 1.33. The molecule has 50 heavy (non-hydrogen) atoms. The van der Waals surface area contributed by atoms with Crippen molar-refractivity contribution in [3.8, 4) is 5.75 Å². The minimum Gasteiger partial charge on any atom is -0.487 e. The quantitative estimate of drug-likeness (QED) is 0.195. The summed E-state index contributed by atoms with van der Waals surface area (Å²) in [6.45, 7) is 5.01. The number of Topliss-reactive ketones (excluding diaryl/α,β-unsaturated/α-hetero) is 1. The van der Waals surface area contributed by atoms with E-state index in [0.717, 1.165) is 62.7 Å². The summed E-state index contributed by atoms with van der Waals surface area (Å²) in [6, 6.07) is 18.5. The summed E-state index contributed by atoms with van der Waals surface area (Å²) in [4.78, 5) is 42.4. The van der Waals surface area contributed by atoms with Crippen LogP contribution in [0.4, 0.5) is 5.69 Å². The molecule has 4 aliphatic rings. The van der Waals surface area contributed by atoms with Crippen LogP contribution < -0.4 is 15.2 Å². The minimum atomic E-state index is -0.683. The van der Waals surface area contributed by atoms with E-state index in [2.05, 4.69) is 44.2 Å². The Labute approximate surface area is 297 Å². The summed E-state index contributed by atoms with van der Waals surface area (Å²) in [7, 11) is 0. The molecule has 1 N–H and O–H groups in total. The zero-order valence-corrected chi connectivity index (χ0v) is 29.9. The van der Waals surface area contributed by atoms with Gasteiger partial charge in [0.25, 0.3) is 5.56 Å². The monoisotopic (exact) mass is 678 g/mol. The van der Waals surface area contributed by atoms with Gasteiger partial charge in [-0.15, -0.1) is 0 Å². The Hall–Kier alpha value is -3.71. The van der Waals surface area contributed by atoms with Crippen LogP contribution in [0.15, 0.2) is 65.6 Å². The number of pyridine rings is 1. The molecule has 7 rings (SSSR count). The molecule has 2 aliphatic heterocycles. The number of aliphatic hydroxyl groups excluding tert-OH is 1. The number of ketones is 1. The van der Waals surface area contributed by atoms with Crippen molar-refractivity contribution < 1.29 is 19.4 Å². The molecule has 3 aromatic rings. The molecule has 5 atom stereocenters. The molecule has 266 valence electrons. The Morgan fingerprint density at radius 3 is 2.50 bits per heavy atom. The average Bonchev–Trinajstić information content (AvgIpc) is 3.89. The lowest BCUT2D eigenvalue weighted by Crippen LogP contribution is -2.43. The topological polar surface area (TPSA) is 88.8 Å². The van der Waals surface area contributed by atoms with Gasteiger partial charge in [0.2, 0.25) is 5.91 Å². The van der Waals surface area contributed by atoms with Crippen LogP contribution in [0.25, 0.3) is 0 Å². The van der Waals surface area contributed by atoms with E-state index in [1.807, 2.05) is 18.2 Å². The zero-order valence-electron chi connectivity index (χ0n) is 29.9. The number of nitrogens with zero attached hydrogens (tertiary/aromatic N) is 2. The number of hydrogen-bond acceptors (Lipinski definition) is 5. The van der Waals surface area contributed by atoms with E-state index in [9.17, 15) is 19.5 Å². The summed E-state index contributed by atoms with van der Waals surface area (Å²) in [5.41, 5.74) is 4.11. The number of aliphatic hydroxyl groups is 1. The number of amides is 1. The van der Waals surface area contributed by atoms with E-state index >= 15 is 0 Å². The molecule has 7 nitrogen and oxygen atoms in total. The third kappa shape index (κ3) is 7.08. The fourth-order valence-electron chi connectivity index (χ4n) is 9.46. The number of aryl methyl sites for hydroxylation is 1. The molecular weight excluding hydrogens is 624 g/mol. The lowest BCUT2D eigenvalue weighted by Gasteiger charge is -2.43. The summed E-state index contributed by atoms with van der Waals surface area (Å²) < 4.78 is 8.54. The number of fused-ring (bicyclic) bond motifs is 1. The zero-order chi connectivity index (χ0) is 34.8. The summed E-state index contributed by atoms with van der Waals surface area (Å²) >= 11 is 0. The molecule has 2 saturated carbocycles. The molecule has 2 unspecified atom stereocenters. The molecular formula is C43H54N2O5. The highest BCUT2D eigenvalue weighted by Gasteiger charge is 2.47. The van der Waals surface area contributed by atoms with Crippen molar-refractivity contribution in [2.75, 3.05) is 11.4 Å². The number of ether oxygens (including phenoxy) is 1. The van der Waals surface area contributed by atoms with Gasteiger partial charge in [0.05, 0.1) is 6.10 Å². The number of carbonyl (C=O) groups is 2. The molecule has 3 heterocycles. The van der Waals surface area contributed by atoms with Gasteiger partial charge in [0.1, 0.15) is 17.0 Å². The molecule has 1 amide bonds. The Kier molecular flexibility index (Phi) is 10.3. The highest BCUT2D eigenvalue weighted by molar-refractivity contribution is 5.99. The van der Waals surface area contributed by atoms with Crippen molar-refractivity contribution in [1.82, 2.24) is 4.57 Å². The average molecular weight is 679 g/mol. The van der Waals surface area contributed by atoms with E-state index in [4.69, 9.17) is 4.74 Å². The second-order valence-corrected chi connectivity index (χ2v) is 15.7. The first-order valence-corrected chi connectivity index (χ1v) is 19.4. The maximum Gasteiger partial charge on any atom is 0.274 e.